The number of nitrogen functional groups attached to an aromatic ring is 1. The largest absolute Gasteiger partial charge is 0.494 e. The van der Waals surface area contributed by atoms with Crippen LogP contribution in [-0.4, -0.2) is 29.3 Å². The Morgan fingerprint density at radius 2 is 1.81 bits per heavy atom. The molecule has 1 fully saturated rings. The van der Waals surface area contributed by atoms with Gasteiger partial charge in [-0.2, -0.15) is 13.2 Å². The summed E-state index contributed by atoms with van der Waals surface area (Å²) >= 11 is 0. The highest BCUT2D eigenvalue weighted by molar-refractivity contribution is 5.83. The van der Waals surface area contributed by atoms with Crippen molar-refractivity contribution >= 4 is 22.4 Å². The predicted molar refractivity (Wildman–Crippen MR) is 130 cm³/mol. The van der Waals surface area contributed by atoms with E-state index >= 15 is 0 Å². The van der Waals surface area contributed by atoms with E-state index in [1.165, 1.54) is 42.0 Å². The molecule has 0 amide bonds. The van der Waals surface area contributed by atoms with Crippen molar-refractivity contribution < 1.29 is 22.3 Å². The first-order chi connectivity index (χ1) is 17.2. The number of hydrogen-bond acceptors (Lipinski definition) is 4. The molecule has 2 heterocycles. The van der Waals surface area contributed by atoms with Crippen molar-refractivity contribution in [2.24, 2.45) is 0 Å². The second-order valence-electron chi connectivity index (χ2n) is 8.79. The van der Waals surface area contributed by atoms with Crippen LogP contribution < -0.4 is 21.1 Å². The fourth-order valence-corrected chi connectivity index (χ4v) is 5.10. The molecular formula is C26H24F4N4O2. The van der Waals surface area contributed by atoms with Gasteiger partial charge in [-0.25, -0.2) is 9.18 Å². The van der Waals surface area contributed by atoms with Crippen LogP contribution >= 0.6 is 0 Å². The molecule has 0 spiro atoms. The van der Waals surface area contributed by atoms with E-state index in [9.17, 15) is 22.4 Å². The number of aromatic nitrogens is 2. The zero-order chi connectivity index (χ0) is 25.6. The van der Waals surface area contributed by atoms with E-state index in [1.807, 2.05) is 0 Å². The molecule has 4 aromatic rings. The standard InChI is InChI=1S/C26H24F4N4O2/c1-36-22-11-5-10-21-24(22)33(14-16-6-2-3-7-18(16)26(28,29)30)25(35)34(21)17-12-13-32(15-17)23-19(27)8-4-9-20(23)31/h2-11,17H,12-15,31H2,1H3/t17-/m1/s1. The molecule has 1 aromatic heterocycles. The van der Waals surface area contributed by atoms with Gasteiger partial charge in [0.25, 0.3) is 0 Å². The third-order valence-electron chi connectivity index (χ3n) is 6.68. The van der Waals surface area contributed by atoms with Gasteiger partial charge in [-0.15, -0.1) is 0 Å². The number of hydrogen-bond donors (Lipinski definition) is 1. The smallest absolute Gasteiger partial charge is 0.416 e. The fraction of sp³-hybridized carbons (Fsp3) is 0.269. The summed E-state index contributed by atoms with van der Waals surface area (Å²) in [6, 6.07) is 14.5. The third-order valence-corrected chi connectivity index (χ3v) is 6.68. The summed E-state index contributed by atoms with van der Waals surface area (Å²) in [5.41, 5.74) is 6.28. The Morgan fingerprint density at radius 3 is 2.53 bits per heavy atom. The summed E-state index contributed by atoms with van der Waals surface area (Å²) in [6.07, 6.45) is -4.03. The number of para-hydroxylation sites is 2. The normalized spacial score (nSPS) is 16.1. The maximum Gasteiger partial charge on any atom is 0.416 e. The molecule has 5 rings (SSSR count). The molecular weight excluding hydrogens is 476 g/mol. The Labute approximate surface area is 204 Å². The Hall–Kier alpha value is -3.95. The molecule has 0 unspecified atom stereocenters. The number of ether oxygens (including phenoxy) is 1. The molecule has 0 saturated carbocycles. The molecule has 1 saturated heterocycles. The molecule has 0 radical (unpaired) electrons. The third kappa shape index (κ3) is 3.96. The van der Waals surface area contributed by atoms with Crippen LogP contribution in [0.15, 0.2) is 65.5 Å². The average molecular weight is 500 g/mol. The first-order valence-corrected chi connectivity index (χ1v) is 11.4. The molecule has 36 heavy (non-hydrogen) atoms. The van der Waals surface area contributed by atoms with Gasteiger partial charge in [-0.05, 0) is 42.3 Å². The highest BCUT2D eigenvalue weighted by Gasteiger charge is 2.34. The zero-order valence-corrected chi connectivity index (χ0v) is 19.4. The predicted octanol–water partition coefficient (Wildman–Crippen LogP) is 5.05. The van der Waals surface area contributed by atoms with Crippen LogP contribution in [0, 0.1) is 5.82 Å². The van der Waals surface area contributed by atoms with Gasteiger partial charge in [0.15, 0.2) is 0 Å². The Morgan fingerprint density at radius 1 is 1.06 bits per heavy atom. The molecule has 6 nitrogen and oxygen atoms in total. The van der Waals surface area contributed by atoms with Gasteiger partial charge in [-0.3, -0.25) is 9.13 Å². The molecule has 10 heteroatoms. The minimum Gasteiger partial charge on any atom is -0.494 e. The Balaban J connectivity index is 1.61. The Kier molecular flexibility index (Phi) is 5.89. The van der Waals surface area contributed by atoms with Gasteiger partial charge in [-0.1, -0.05) is 30.3 Å². The first kappa shape index (κ1) is 23.8. The lowest BCUT2D eigenvalue weighted by Gasteiger charge is -2.21. The molecule has 0 aliphatic carbocycles. The van der Waals surface area contributed by atoms with Crippen LogP contribution in [0.4, 0.5) is 28.9 Å². The van der Waals surface area contributed by atoms with Gasteiger partial charge in [0.1, 0.15) is 17.1 Å². The van der Waals surface area contributed by atoms with Crippen LogP contribution in [0.5, 0.6) is 5.75 Å². The van der Waals surface area contributed by atoms with Crippen molar-refractivity contribution in [2.45, 2.75) is 25.2 Å². The summed E-state index contributed by atoms with van der Waals surface area (Å²) in [4.78, 5) is 15.6. The van der Waals surface area contributed by atoms with Crippen molar-refractivity contribution in [1.29, 1.82) is 0 Å². The number of fused-ring (bicyclic) bond motifs is 1. The maximum atomic E-state index is 14.5. The monoisotopic (exact) mass is 500 g/mol. The lowest BCUT2D eigenvalue weighted by Crippen LogP contribution is -2.30. The van der Waals surface area contributed by atoms with Gasteiger partial charge in [0, 0.05) is 13.1 Å². The van der Waals surface area contributed by atoms with Crippen molar-refractivity contribution in [3.05, 3.63) is 88.1 Å². The summed E-state index contributed by atoms with van der Waals surface area (Å²) in [7, 11) is 1.45. The molecule has 1 aliphatic heterocycles. The number of anilines is 2. The minimum absolute atomic E-state index is 0.0239. The van der Waals surface area contributed by atoms with E-state index in [0.717, 1.165) is 6.07 Å². The van der Waals surface area contributed by atoms with Crippen LogP contribution in [0.3, 0.4) is 0 Å². The fourth-order valence-electron chi connectivity index (χ4n) is 5.10. The lowest BCUT2D eigenvalue weighted by molar-refractivity contribution is -0.138. The van der Waals surface area contributed by atoms with E-state index in [-0.39, 0.29) is 23.8 Å². The van der Waals surface area contributed by atoms with Crippen LogP contribution in [0.25, 0.3) is 11.0 Å². The first-order valence-electron chi connectivity index (χ1n) is 11.4. The van der Waals surface area contributed by atoms with Gasteiger partial charge in [0.05, 0.1) is 42.2 Å². The summed E-state index contributed by atoms with van der Waals surface area (Å²) < 4.78 is 63.9. The SMILES string of the molecule is COc1cccc2c1n(Cc1ccccc1C(F)(F)F)c(=O)n2[C@@H]1CCN(c2c(N)cccc2F)C1. The number of methoxy groups -OCH3 is 1. The number of alkyl halides is 3. The maximum absolute atomic E-state index is 14.5. The van der Waals surface area contributed by atoms with Crippen LogP contribution in [0.1, 0.15) is 23.6 Å². The molecule has 0 bridgehead atoms. The number of halogens is 4. The van der Waals surface area contributed by atoms with E-state index in [2.05, 4.69) is 0 Å². The molecule has 3 aromatic carbocycles. The number of rotatable bonds is 5. The van der Waals surface area contributed by atoms with Gasteiger partial charge < -0.3 is 15.4 Å². The number of imidazole rings is 1. The van der Waals surface area contributed by atoms with E-state index in [0.29, 0.717) is 42.0 Å². The molecule has 2 N–H and O–H groups in total. The van der Waals surface area contributed by atoms with Gasteiger partial charge in [0.2, 0.25) is 0 Å². The topological polar surface area (TPSA) is 65.4 Å². The quantitative estimate of drug-likeness (QED) is 0.308. The number of benzene rings is 3. The average Bonchev–Trinajstić information content (AvgIpc) is 3.41. The second-order valence-corrected chi connectivity index (χ2v) is 8.79. The van der Waals surface area contributed by atoms with E-state index < -0.39 is 23.2 Å². The number of nitrogens with zero attached hydrogens (tertiary/aromatic N) is 3. The highest BCUT2D eigenvalue weighted by Crippen LogP contribution is 2.36. The van der Waals surface area contributed by atoms with Crippen LogP contribution in [0.2, 0.25) is 0 Å². The lowest BCUT2D eigenvalue weighted by atomic mass is 10.1. The molecule has 1 atom stereocenters. The van der Waals surface area contributed by atoms with Crippen molar-refractivity contribution in [3.63, 3.8) is 0 Å². The highest BCUT2D eigenvalue weighted by atomic mass is 19.4. The molecule has 1 aliphatic rings. The Bertz CT molecular complexity index is 1470. The number of nitrogens with two attached hydrogens (primary N) is 1. The summed E-state index contributed by atoms with van der Waals surface area (Å²) in [6.45, 7) is 0.505. The second kappa shape index (κ2) is 8.92. The van der Waals surface area contributed by atoms with Crippen LogP contribution in [-0.2, 0) is 12.7 Å². The van der Waals surface area contributed by atoms with Gasteiger partial charge >= 0.3 is 11.9 Å². The van der Waals surface area contributed by atoms with E-state index in [1.54, 1.807) is 33.7 Å². The summed E-state index contributed by atoms with van der Waals surface area (Å²) in [5.74, 6) is -0.0723. The van der Waals surface area contributed by atoms with Crippen molar-refractivity contribution in [2.75, 3.05) is 30.8 Å². The minimum atomic E-state index is -4.56. The summed E-state index contributed by atoms with van der Waals surface area (Å²) in [5, 5.41) is 0. The molecule has 188 valence electrons. The van der Waals surface area contributed by atoms with Crippen molar-refractivity contribution in [1.82, 2.24) is 9.13 Å². The zero-order valence-electron chi connectivity index (χ0n) is 19.4. The van der Waals surface area contributed by atoms with E-state index in [4.69, 9.17) is 10.5 Å². The van der Waals surface area contributed by atoms with Crippen molar-refractivity contribution in [3.8, 4) is 5.75 Å².